The van der Waals surface area contributed by atoms with Crippen molar-refractivity contribution < 1.29 is 19.0 Å². The molecule has 0 bridgehead atoms. The van der Waals surface area contributed by atoms with Crippen LogP contribution in [0.25, 0.3) is 5.57 Å². The maximum absolute atomic E-state index is 13.4. The van der Waals surface area contributed by atoms with Crippen LogP contribution in [0, 0.1) is 5.82 Å². The first-order valence-electron chi connectivity index (χ1n) is 11.1. The van der Waals surface area contributed by atoms with Gasteiger partial charge in [-0.3, -0.25) is 14.8 Å². The van der Waals surface area contributed by atoms with Crippen LogP contribution in [0.1, 0.15) is 27.2 Å². The van der Waals surface area contributed by atoms with Crippen LogP contribution in [0.4, 0.5) is 4.39 Å². The minimum atomic E-state index is -0.942. The molecule has 1 aliphatic rings. The summed E-state index contributed by atoms with van der Waals surface area (Å²) in [5, 5.41) is 13.9. The molecule has 0 spiro atoms. The number of allylic oxidation sites excluding steroid dienone is 1. The molecule has 180 valence electrons. The Morgan fingerprint density at radius 2 is 1.97 bits per heavy atom. The lowest BCUT2D eigenvalue weighted by Crippen LogP contribution is -2.47. The van der Waals surface area contributed by atoms with E-state index >= 15 is 0 Å². The number of amides is 1. The van der Waals surface area contributed by atoms with Crippen molar-refractivity contribution in [3.8, 4) is 0 Å². The number of hydrogen-bond donors (Lipinski definition) is 2. The highest BCUT2D eigenvalue weighted by molar-refractivity contribution is 6.37. The summed E-state index contributed by atoms with van der Waals surface area (Å²) in [7, 11) is 1.49. The number of aliphatic hydroxyl groups excluding tert-OH is 1. The largest absolute Gasteiger partial charge is 0.389 e. The number of halogens is 2. The molecule has 0 aliphatic carbocycles. The Morgan fingerprint density at radius 1 is 1.17 bits per heavy atom. The van der Waals surface area contributed by atoms with Crippen molar-refractivity contribution in [3.63, 3.8) is 0 Å². The first-order chi connectivity index (χ1) is 17.0. The fourth-order valence-corrected chi connectivity index (χ4v) is 4.22. The van der Waals surface area contributed by atoms with E-state index < -0.39 is 18.1 Å². The van der Waals surface area contributed by atoms with Gasteiger partial charge in [0.1, 0.15) is 5.82 Å². The van der Waals surface area contributed by atoms with Crippen LogP contribution >= 0.6 is 11.6 Å². The fourth-order valence-electron chi connectivity index (χ4n) is 3.95. The van der Waals surface area contributed by atoms with Crippen LogP contribution in [0.15, 0.2) is 77.9 Å². The Balaban J connectivity index is 1.60. The summed E-state index contributed by atoms with van der Waals surface area (Å²) in [6.07, 6.45) is 2.90. The van der Waals surface area contributed by atoms with Gasteiger partial charge in [0.15, 0.2) is 0 Å². The maximum Gasteiger partial charge on any atom is 0.252 e. The summed E-state index contributed by atoms with van der Waals surface area (Å²) < 4.78 is 18.4. The highest BCUT2D eigenvalue weighted by Gasteiger charge is 2.26. The molecular weight excluding hydrogens is 469 g/mol. The molecule has 0 radical (unpaired) electrons. The number of aliphatic hydroxyl groups is 1. The SMILES string of the molecule is COC[C@@H](O)[C@@H](Cc1ccccn1)NC(=O)c1cccc(Cl)c1C1=NCC(c2ccc(F)cc2)=C1. The molecule has 1 aromatic heterocycles. The zero-order chi connectivity index (χ0) is 24.8. The molecule has 1 amide bonds. The van der Waals surface area contributed by atoms with Crippen molar-refractivity contribution in [2.24, 2.45) is 4.99 Å². The molecule has 1 aliphatic heterocycles. The summed E-state index contributed by atoms with van der Waals surface area (Å²) in [5.41, 5.74) is 3.88. The van der Waals surface area contributed by atoms with Crippen LogP contribution in [-0.4, -0.2) is 54.1 Å². The van der Waals surface area contributed by atoms with Gasteiger partial charge in [-0.05, 0) is 53.6 Å². The zero-order valence-electron chi connectivity index (χ0n) is 19.1. The van der Waals surface area contributed by atoms with E-state index in [1.807, 2.05) is 18.2 Å². The summed E-state index contributed by atoms with van der Waals surface area (Å²) in [5.74, 6) is -0.709. The Kier molecular flexibility index (Phi) is 8.02. The minimum Gasteiger partial charge on any atom is -0.389 e. The smallest absolute Gasteiger partial charge is 0.252 e. The van der Waals surface area contributed by atoms with Crippen molar-refractivity contribution >= 4 is 28.8 Å². The van der Waals surface area contributed by atoms with E-state index in [2.05, 4.69) is 15.3 Å². The lowest BCUT2D eigenvalue weighted by molar-refractivity contribution is 0.0369. The van der Waals surface area contributed by atoms with E-state index in [1.54, 1.807) is 42.6 Å². The predicted octanol–water partition coefficient (Wildman–Crippen LogP) is 4.11. The molecular formula is C27H25ClFN3O3. The Bertz CT molecular complexity index is 1250. The normalized spacial score (nSPS) is 14.7. The number of aliphatic imine (C=N–C) groups is 1. The molecule has 0 unspecified atom stereocenters. The molecule has 2 atom stereocenters. The van der Waals surface area contributed by atoms with Gasteiger partial charge in [0, 0.05) is 31.0 Å². The van der Waals surface area contributed by atoms with E-state index in [4.69, 9.17) is 16.3 Å². The first kappa shape index (κ1) is 24.7. The number of carbonyl (C=O) groups excluding carboxylic acids is 1. The number of hydrogen-bond acceptors (Lipinski definition) is 5. The lowest BCUT2D eigenvalue weighted by Gasteiger charge is -2.24. The van der Waals surface area contributed by atoms with Gasteiger partial charge in [0.05, 0.1) is 41.6 Å². The van der Waals surface area contributed by atoms with Gasteiger partial charge in [0.2, 0.25) is 0 Å². The quantitative estimate of drug-likeness (QED) is 0.470. The van der Waals surface area contributed by atoms with E-state index in [0.717, 1.165) is 16.8 Å². The average molecular weight is 494 g/mol. The van der Waals surface area contributed by atoms with Gasteiger partial charge >= 0.3 is 0 Å². The van der Waals surface area contributed by atoms with E-state index in [0.29, 0.717) is 34.8 Å². The zero-order valence-corrected chi connectivity index (χ0v) is 19.9. The monoisotopic (exact) mass is 493 g/mol. The Hall–Kier alpha value is -3.39. The third-order valence-corrected chi connectivity index (χ3v) is 6.05. The standard InChI is InChI=1S/C27H25ClFN3O3/c1-35-16-25(33)23(14-20-5-2-3-12-30-20)32-27(34)21-6-4-7-22(28)26(21)24-13-18(15-31-24)17-8-10-19(29)11-9-17/h2-13,23,25,33H,14-16H2,1H3,(H,32,34)/t23-,25-/m1/s1. The van der Waals surface area contributed by atoms with Gasteiger partial charge < -0.3 is 15.2 Å². The van der Waals surface area contributed by atoms with Crippen LogP contribution < -0.4 is 5.32 Å². The van der Waals surface area contributed by atoms with E-state index in [9.17, 15) is 14.3 Å². The number of aromatic nitrogens is 1. The topological polar surface area (TPSA) is 83.8 Å². The van der Waals surface area contributed by atoms with Crippen molar-refractivity contribution in [1.82, 2.24) is 10.3 Å². The highest BCUT2D eigenvalue weighted by atomic mass is 35.5. The second kappa shape index (κ2) is 11.4. The Morgan fingerprint density at radius 3 is 2.69 bits per heavy atom. The van der Waals surface area contributed by atoms with E-state index in [1.165, 1.54) is 19.2 Å². The maximum atomic E-state index is 13.4. The molecule has 6 nitrogen and oxygen atoms in total. The molecule has 0 fully saturated rings. The van der Waals surface area contributed by atoms with Gasteiger partial charge in [-0.15, -0.1) is 0 Å². The number of pyridine rings is 1. The molecule has 2 aromatic carbocycles. The van der Waals surface area contributed by atoms with Crippen LogP contribution in [0.5, 0.6) is 0 Å². The summed E-state index contributed by atoms with van der Waals surface area (Å²) in [4.78, 5) is 22.3. The van der Waals surface area contributed by atoms with Crippen LogP contribution in [0.3, 0.4) is 0 Å². The number of ether oxygens (including phenoxy) is 1. The molecule has 4 rings (SSSR count). The molecule has 0 saturated carbocycles. The van der Waals surface area contributed by atoms with E-state index in [-0.39, 0.29) is 12.4 Å². The molecule has 35 heavy (non-hydrogen) atoms. The van der Waals surface area contributed by atoms with Crippen molar-refractivity contribution in [2.75, 3.05) is 20.3 Å². The summed E-state index contributed by atoms with van der Waals surface area (Å²) in [6.45, 7) is 0.443. The van der Waals surface area contributed by atoms with Crippen molar-refractivity contribution in [3.05, 3.63) is 106 Å². The lowest BCUT2D eigenvalue weighted by atomic mass is 9.98. The minimum absolute atomic E-state index is 0.0522. The first-order valence-corrected chi connectivity index (χ1v) is 11.5. The molecule has 2 N–H and O–H groups in total. The van der Waals surface area contributed by atoms with Crippen LogP contribution in [0.2, 0.25) is 5.02 Å². The Labute approximate surface area is 208 Å². The molecule has 3 aromatic rings. The van der Waals surface area contributed by atoms with Gasteiger partial charge in [-0.1, -0.05) is 35.9 Å². The number of carbonyl (C=O) groups is 1. The molecule has 8 heteroatoms. The van der Waals surface area contributed by atoms with Gasteiger partial charge in [-0.2, -0.15) is 0 Å². The van der Waals surface area contributed by atoms with Gasteiger partial charge in [-0.25, -0.2) is 4.39 Å². The second-order valence-corrected chi connectivity index (χ2v) is 8.58. The third kappa shape index (κ3) is 6.00. The van der Waals surface area contributed by atoms with Crippen LogP contribution in [-0.2, 0) is 11.2 Å². The number of nitrogens with zero attached hydrogens (tertiary/aromatic N) is 2. The number of nitrogens with one attached hydrogen (secondary N) is 1. The number of rotatable bonds is 9. The predicted molar refractivity (Wildman–Crippen MR) is 134 cm³/mol. The highest BCUT2D eigenvalue weighted by Crippen LogP contribution is 2.28. The summed E-state index contributed by atoms with van der Waals surface area (Å²) >= 11 is 6.53. The summed E-state index contributed by atoms with van der Waals surface area (Å²) in [6, 6.07) is 16.1. The molecule has 2 heterocycles. The number of benzene rings is 2. The van der Waals surface area contributed by atoms with Crippen molar-refractivity contribution in [1.29, 1.82) is 0 Å². The van der Waals surface area contributed by atoms with Gasteiger partial charge in [0.25, 0.3) is 5.91 Å². The number of methoxy groups -OCH3 is 1. The van der Waals surface area contributed by atoms with Crippen molar-refractivity contribution in [2.45, 2.75) is 18.6 Å². The molecule has 0 saturated heterocycles. The fraction of sp³-hybridized carbons (Fsp3) is 0.222. The third-order valence-electron chi connectivity index (χ3n) is 5.73. The average Bonchev–Trinajstić information content (AvgIpc) is 3.34. The second-order valence-electron chi connectivity index (χ2n) is 8.17.